The van der Waals surface area contributed by atoms with E-state index in [1.54, 1.807) is 7.11 Å². The molecule has 1 heterocycles. The average Bonchev–Trinajstić information content (AvgIpc) is 2.74. The largest absolute Gasteiger partial charge is 0.378 e. The van der Waals surface area contributed by atoms with Crippen molar-refractivity contribution in [2.45, 2.75) is 58.7 Å². The molecular formula is C14H25N3O. The van der Waals surface area contributed by atoms with Crippen molar-refractivity contribution >= 4 is 0 Å². The highest BCUT2D eigenvalue weighted by Gasteiger charge is 2.27. The maximum atomic E-state index is 5.07. The summed E-state index contributed by atoms with van der Waals surface area (Å²) in [4.78, 5) is 0. The molecule has 0 spiro atoms. The monoisotopic (exact) mass is 251 g/mol. The Labute approximate surface area is 110 Å². The first-order valence-corrected chi connectivity index (χ1v) is 6.84. The highest BCUT2D eigenvalue weighted by molar-refractivity contribution is 5.07. The van der Waals surface area contributed by atoms with Crippen LogP contribution in [0.15, 0.2) is 6.07 Å². The Bertz CT molecular complexity index is 373. The van der Waals surface area contributed by atoms with Crippen LogP contribution in [0.1, 0.15) is 50.9 Å². The average molecular weight is 251 g/mol. The first-order valence-electron chi connectivity index (χ1n) is 6.84. The second-order valence-corrected chi connectivity index (χ2v) is 6.16. The van der Waals surface area contributed by atoms with E-state index < -0.39 is 0 Å². The van der Waals surface area contributed by atoms with Gasteiger partial charge in [0.1, 0.15) is 0 Å². The van der Waals surface area contributed by atoms with Gasteiger partial charge in [-0.3, -0.25) is 5.10 Å². The normalized spacial score (nSPS) is 23.2. The number of ether oxygens (including phenoxy) is 1. The lowest BCUT2D eigenvalue weighted by Gasteiger charge is -2.35. The molecule has 18 heavy (non-hydrogen) atoms. The molecular weight excluding hydrogens is 226 g/mol. The summed E-state index contributed by atoms with van der Waals surface area (Å²) in [5, 5.41) is 10.9. The summed E-state index contributed by atoms with van der Waals surface area (Å²) in [6, 6.07) is 2.71. The third-order valence-corrected chi connectivity index (χ3v) is 3.76. The van der Waals surface area contributed by atoms with E-state index in [-0.39, 0.29) is 0 Å². The van der Waals surface area contributed by atoms with Gasteiger partial charge in [-0.1, -0.05) is 20.3 Å². The van der Waals surface area contributed by atoms with Crippen LogP contribution in [-0.2, 0) is 17.9 Å². The van der Waals surface area contributed by atoms with Crippen molar-refractivity contribution < 1.29 is 4.74 Å². The van der Waals surface area contributed by atoms with Crippen LogP contribution in [0.4, 0.5) is 0 Å². The number of methoxy groups -OCH3 is 1. The zero-order chi connectivity index (χ0) is 13.0. The molecule has 102 valence electrons. The zero-order valence-electron chi connectivity index (χ0n) is 11.8. The number of nitrogens with one attached hydrogen (secondary N) is 2. The Morgan fingerprint density at radius 1 is 1.56 bits per heavy atom. The third kappa shape index (κ3) is 3.82. The summed E-state index contributed by atoms with van der Waals surface area (Å²) in [6.07, 6.45) is 5.24. The molecule has 0 radical (unpaired) electrons. The smallest absolute Gasteiger partial charge is 0.0878 e. The van der Waals surface area contributed by atoms with Crippen molar-refractivity contribution in [3.8, 4) is 0 Å². The summed E-state index contributed by atoms with van der Waals surface area (Å²) < 4.78 is 5.07. The molecule has 0 amide bonds. The van der Waals surface area contributed by atoms with Crippen LogP contribution in [0, 0.1) is 5.41 Å². The molecule has 1 aliphatic carbocycles. The second kappa shape index (κ2) is 5.85. The van der Waals surface area contributed by atoms with Crippen molar-refractivity contribution in [2.75, 3.05) is 7.11 Å². The van der Waals surface area contributed by atoms with Crippen LogP contribution in [0.25, 0.3) is 0 Å². The first kappa shape index (κ1) is 13.6. The fourth-order valence-electron chi connectivity index (χ4n) is 2.85. The summed E-state index contributed by atoms with van der Waals surface area (Å²) in [5.74, 6) is 0. The van der Waals surface area contributed by atoms with Crippen molar-refractivity contribution in [1.82, 2.24) is 15.5 Å². The van der Waals surface area contributed by atoms with Gasteiger partial charge in [-0.15, -0.1) is 0 Å². The van der Waals surface area contributed by atoms with E-state index in [0.29, 0.717) is 18.1 Å². The fourth-order valence-corrected chi connectivity index (χ4v) is 2.85. The van der Waals surface area contributed by atoms with E-state index in [2.05, 4.69) is 35.4 Å². The minimum Gasteiger partial charge on any atom is -0.378 e. The molecule has 1 aromatic rings. The maximum absolute atomic E-state index is 5.07. The van der Waals surface area contributed by atoms with Crippen molar-refractivity contribution in [3.05, 3.63) is 17.5 Å². The van der Waals surface area contributed by atoms with Crippen molar-refractivity contribution in [3.63, 3.8) is 0 Å². The van der Waals surface area contributed by atoms with Crippen LogP contribution in [-0.4, -0.2) is 23.3 Å². The van der Waals surface area contributed by atoms with Gasteiger partial charge in [0.25, 0.3) is 0 Å². The van der Waals surface area contributed by atoms with Crippen LogP contribution < -0.4 is 5.32 Å². The Hall–Kier alpha value is -0.870. The fraction of sp³-hybridized carbons (Fsp3) is 0.786. The van der Waals surface area contributed by atoms with Gasteiger partial charge in [-0.05, 0) is 30.7 Å². The molecule has 0 aromatic carbocycles. The lowest BCUT2D eigenvalue weighted by Crippen LogP contribution is -2.36. The number of hydrogen-bond acceptors (Lipinski definition) is 3. The van der Waals surface area contributed by atoms with E-state index in [0.717, 1.165) is 17.9 Å². The van der Waals surface area contributed by atoms with Crippen LogP contribution >= 0.6 is 0 Å². The SMILES string of the molecule is COCc1cc(CNC2CCCC(C)(C)C2)n[nH]1. The minimum absolute atomic E-state index is 0.489. The predicted octanol–water partition coefficient (Wildman–Crippen LogP) is 2.61. The van der Waals surface area contributed by atoms with Crippen LogP contribution in [0.5, 0.6) is 0 Å². The molecule has 1 saturated carbocycles. The van der Waals surface area contributed by atoms with Crippen molar-refractivity contribution in [1.29, 1.82) is 0 Å². The predicted molar refractivity (Wildman–Crippen MR) is 72.2 cm³/mol. The Morgan fingerprint density at radius 3 is 3.11 bits per heavy atom. The Morgan fingerprint density at radius 2 is 2.39 bits per heavy atom. The van der Waals surface area contributed by atoms with Gasteiger partial charge in [0.15, 0.2) is 0 Å². The minimum atomic E-state index is 0.489. The third-order valence-electron chi connectivity index (χ3n) is 3.76. The van der Waals surface area contributed by atoms with Gasteiger partial charge in [0.05, 0.1) is 18.0 Å². The summed E-state index contributed by atoms with van der Waals surface area (Å²) in [6.45, 7) is 6.18. The Balaban J connectivity index is 1.79. The molecule has 4 nitrogen and oxygen atoms in total. The van der Waals surface area contributed by atoms with E-state index in [1.807, 2.05) is 0 Å². The molecule has 1 fully saturated rings. The number of H-pyrrole nitrogens is 1. The molecule has 1 aromatic heterocycles. The molecule has 1 unspecified atom stereocenters. The number of aromatic nitrogens is 2. The van der Waals surface area contributed by atoms with Gasteiger partial charge in [-0.2, -0.15) is 5.10 Å². The van der Waals surface area contributed by atoms with Gasteiger partial charge >= 0.3 is 0 Å². The zero-order valence-corrected chi connectivity index (χ0v) is 11.8. The molecule has 1 atom stereocenters. The van der Waals surface area contributed by atoms with E-state index in [4.69, 9.17) is 4.74 Å². The van der Waals surface area contributed by atoms with Crippen LogP contribution in [0.3, 0.4) is 0 Å². The van der Waals surface area contributed by atoms with Crippen LogP contribution in [0.2, 0.25) is 0 Å². The lowest BCUT2D eigenvalue weighted by atomic mass is 9.75. The first-order chi connectivity index (χ1) is 8.59. The standard InChI is InChI=1S/C14H25N3O/c1-14(2)6-4-5-11(8-14)15-9-12-7-13(10-18-3)17-16-12/h7,11,15H,4-6,8-10H2,1-3H3,(H,16,17). The molecule has 0 aliphatic heterocycles. The molecule has 1 aliphatic rings. The maximum Gasteiger partial charge on any atom is 0.0878 e. The Kier molecular flexibility index (Phi) is 4.40. The number of hydrogen-bond donors (Lipinski definition) is 2. The highest BCUT2D eigenvalue weighted by Crippen LogP contribution is 2.35. The van der Waals surface area contributed by atoms with E-state index in [1.165, 1.54) is 25.7 Å². The number of nitrogens with zero attached hydrogens (tertiary/aromatic N) is 1. The molecule has 2 rings (SSSR count). The summed E-state index contributed by atoms with van der Waals surface area (Å²) in [7, 11) is 1.70. The molecule has 2 N–H and O–H groups in total. The van der Waals surface area contributed by atoms with Crippen molar-refractivity contribution in [2.24, 2.45) is 5.41 Å². The second-order valence-electron chi connectivity index (χ2n) is 6.16. The topological polar surface area (TPSA) is 49.9 Å². The lowest BCUT2D eigenvalue weighted by molar-refractivity contribution is 0.181. The number of aromatic amines is 1. The quantitative estimate of drug-likeness (QED) is 0.845. The highest BCUT2D eigenvalue weighted by atomic mass is 16.5. The summed E-state index contributed by atoms with van der Waals surface area (Å²) >= 11 is 0. The molecule has 0 saturated heterocycles. The van der Waals surface area contributed by atoms with E-state index >= 15 is 0 Å². The molecule has 4 heteroatoms. The number of rotatable bonds is 5. The van der Waals surface area contributed by atoms with Gasteiger partial charge < -0.3 is 10.1 Å². The van der Waals surface area contributed by atoms with Gasteiger partial charge in [0.2, 0.25) is 0 Å². The molecule has 0 bridgehead atoms. The van der Waals surface area contributed by atoms with Gasteiger partial charge in [0, 0.05) is 19.7 Å². The summed E-state index contributed by atoms with van der Waals surface area (Å²) in [5.41, 5.74) is 2.60. The van der Waals surface area contributed by atoms with E-state index in [9.17, 15) is 0 Å². The van der Waals surface area contributed by atoms with Gasteiger partial charge in [-0.25, -0.2) is 0 Å².